The fourth-order valence-corrected chi connectivity index (χ4v) is 0.738. The average Bonchev–Trinajstić information content (AvgIpc) is 2.16. The average molecular weight is 216 g/mol. The molecular weight excluding hydrogens is 196 g/mol. The van der Waals surface area contributed by atoms with Crippen molar-refractivity contribution in [1.29, 1.82) is 0 Å². The second kappa shape index (κ2) is 7.26. The number of hydrogen-bond acceptors (Lipinski definition) is 4. The van der Waals surface area contributed by atoms with Crippen LogP contribution in [-0.2, 0) is 19.1 Å². The van der Waals surface area contributed by atoms with Crippen LogP contribution in [0.4, 0.5) is 0 Å². The van der Waals surface area contributed by atoms with Gasteiger partial charge in [0.2, 0.25) is 0 Å². The van der Waals surface area contributed by atoms with Crippen LogP contribution in [0.25, 0.3) is 0 Å². The predicted molar refractivity (Wildman–Crippen MR) is 56.2 cm³/mol. The molecule has 4 nitrogen and oxygen atoms in total. The molecular formula is C11H20O4. The summed E-state index contributed by atoms with van der Waals surface area (Å²) in [5.41, 5.74) is 0. The monoisotopic (exact) mass is 216 g/mol. The number of hydrogen-bond donors (Lipinski definition) is 0. The van der Waals surface area contributed by atoms with Gasteiger partial charge in [-0.15, -0.1) is 0 Å². The van der Waals surface area contributed by atoms with Gasteiger partial charge in [0.1, 0.15) is 0 Å². The van der Waals surface area contributed by atoms with Gasteiger partial charge in [-0.25, -0.2) is 0 Å². The molecule has 0 unspecified atom stereocenters. The van der Waals surface area contributed by atoms with E-state index in [4.69, 9.17) is 9.47 Å². The Hall–Kier alpha value is -1.06. The van der Waals surface area contributed by atoms with E-state index in [0.717, 1.165) is 0 Å². The summed E-state index contributed by atoms with van der Waals surface area (Å²) in [5, 5.41) is 0. The van der Waals surface area contributed by atoms with Gasteiger partial charge in [-0.1, -0.05) is 27.7 Å². The van der Waals surface area contributed by atoms with Crippen LogP contribution < -0.4 is 0 Å². The first-order valence-electron chi connectivity index (χ1n) is 5.28. The number of esters is 2. The molecule has 4 heteroatoms. The lowest BCUT2D eigenvalue weighted by molar-refractivity contribution is -0.149. The maximum absolute atomic E-state index is 11.0. The highest BCUT2D eigenvalue weighted by molar-refractivity contribution is 5.71. The Balaban J connectivity index is 3.40. The lowest BCUT2D eigenvalue weighted by Gasteiger charge is -2.08. The van der Waals surface area contributed by atoms with Gasteiger partial charge in [0, 0.05) is 6.42 Å². The number of ether oxygens (including phenoxy) is 2. The topological polar surface area (TPSA) is 52.6 Å². The van der Waals surface area contributed by atoms with Crippen molar-refractivity contribution in [2.24, 2.45) is 11.8 Å². The lowest BCUT2D eigenvalue weighted by Crippen LogP contribution is -2.16. The first-order valence-corrected chi connectivity index (χ1v) is 5.28. The van der Waals surface area contributed by atoms with Crippen LogP contribution in [0.3, 0.4) is 0 Å². The van der Waals surface area contributed by atoms with Gasteiger partial charge in [-0.2, -0.15) is 0 Å². The van der Waals surface area contributed by atoms with Crippen molar-refractivity contribution in [1.82, 2.24) is 0 Å². The predicted octanol–water partition coefficient (Wildman–Crippen LogP) is 1.77. The molecule has 0 saturated heterocycles. The molecule has 15 heavy (non-hydrogen) atoms. The van der Waals surface area contributed by atoms with Crippen molar-refractivity contribution in [2.45, 2.75) is 34.1 Å². The van der Waals surface area contributed by atoms with E-state index in [0.29, 0.717) is 19.6 Å². The molecule has 0 atom stereocenters. The normalized spacial score (nSPS) is 10.5. The van der Waals surface area contributed by atoms with Gasteiger partial charge < -0.3 is 9.47 Å². The van der Waals surface area contributed by atoms with Crippen molar-refractivity contribution in [3.63, 3.8) is 0 Å². The summed E-state index contributed by atoms with van der Waals surface area (Å²) >= 11 is 0. The van der Waals surface area contributed by atoms with Crippen molar-refractivity contribution in [3.8, 4) is 0 Å². The van der Waals surface area contributed by atoms with E-state index in [9.17, 15) is 9.59 Å². The van der Waals surface area contributed by atoms with Gasteiger partial charge in [0.25, 0.3) is 0 Å². The molecule has 0 bridgehead atoms. The van der Waals surface area contributed by atoms with E-state index >= 15 is 0 Å². The van der Waals surface area contributed by atoms with Crippen molar-refractivity contribution in [3.05, 3.63) is 0 Å². The van der Waals surface area contributed by atoms with Gasteiger partial charge in [-0.05, 0) is 0 Å². The minimum absolute atomic E-state index is 0.108. The molecule has 0 fully saturated rings. The number of rotatable bonds is 6. The van der Waals surface area contributed by atoms with Crippen LogP contribution in [-0.4, -0.2) is 25.2 Å². The second-order valence-corrected chi connectivity index (χ2v) is 4.00. The molecule has 88 valence electrons. The summed E-state index contributed by atoms with van der Waals surface area (Å²) in [6.07, 6.45) is 0.553. The Morgan fingerprint density at radius 3 is 1.47 bits per heavy atom. The fraction of sp³-hybridized carbons (Fsp3) is 0.818. The van der Waals surface area contributed by atoms with Gasteiger partial charge in [0.15, 0.2) is 0 Å². The largest absolute Gasteiger partial charge is 0.465 e. The highest BCUT2D eigenvalue weighted by Crippen LogP contribution is 1.99. The quantitative estimate of drug-likeness (QED) is 0.501. The Labute approximate surface area is 90.9 Å². The molecule has 0 aliphatic rings. The van der Waals surface area contributed by atoms with Crippen molar-refractivity contribution in [2.75, 3.05) is 13.2 Å². The fourth-order valence-electron chi connectivity index (χ4n) is 0.738. The van der Waals surface area contributed by atoms with Crippen LogP contribution in [0.15, 0.2) is 0 Å². The van der Waals surface area contributed by atoms with E-state index in [2.05, 4.69) is 0 Å². The summed E-state index contributed by atoms with van der Waals surface area (Å²) < 4.78 is 9.83. The third kappa shape index (κ3) is 6.94. The van der Waals surface area contributed by atoms with E-state index in [1.165, 1.54) is 0 Å². The molecule has 0 rings (SSSR count). The van der Waals surface area contributed by atoms with Gasteiger partial charge >= 0.3 is 11.9 Å². The summed E-state index contributed by atoms with van der Waals surface area (Å²) in [6, 6.07) is 0. The standard InChI is InChI=1S/C11H20O4/c1-8(2)10(12)14-6-5-7-15-11(13)9(3)4/h8-9H,5-7H2,1-4H3. The highest BCUT2D eigenvalue weighted by Gasteiger charge is 2.09. The van der Waals surface area contributed by atoms with Crippen LogP contribution in [0.2, 0.25) is 0 Å². The number of carbonyl (C=O) groups is 2. The highest BCUT2D eigenvalue weighted by atomic mass is 16.5. The zero-order valence-electron chi connectivity index (χ0n) is 9.91. The third-order valence-electron chi connectivity index (χ3n) is 1.72. The lowest BCUT2D eigenvalue weighted by atomic mass is 10.2. The molecule has 0 aliphatic carbocycles. The van der Waals surface area contributed by atoms with Crippen LogP contribution >= 0.6 is 0 Å². The molecule has 0 aromatic heterocycles. The Morgan fingerprint density at radius 2 is 1.20 bits per heavy atom. The molecule has 0 aliphatic heterocycles. The SMILES string of the molecule is CC(C)C(=O)OCCCOC(=O)C(C)C. The van der Waals surface area contributed by atoms with Crippen LogP contribution in [0, 0.1) is 11.8 Å². The maximum atomic E-state index is 11.0. The van der Waals surface area contributed by atoms with Crippen LogP contribution in [0.5, 0.6) is 0 Å². The first-order chi connectivity index (χ1) is 6.95. The molecule has 0 aromatic carbocycles. The summed E-state index contributed by atoms with van der Waals surface area (Å²) in [7, 11) is 0. The smallest absolute Gasteiger partial charge is 0.308 e. The van der Waals surface area contributed by atoms with E-state index in [1.54, 1.807) is 27.7 Å². The van der Waals surface area contributed by atoms with Crippen molar-refractivity contribution >= 4 is 11.9 Å². The van der Waals surface area contributed by atoms with E-state index in [-0.39, 0.29) is 23.8 Å². The second-order valence-electron chi connectivity index (χ2n) is 4.00. The first kappa shape index (κ1) is 13.9. The minimum atomic E-state index is -0.217. The molecule has 0 heterocycles. The molecule has 0 amide bonds. The Kier molecular flexibility index (Phi) is 6.75. The van der Waals surface area contributed by atoms with Gasteiger partial charge in [-0.3, -0.25) is 9.59 Å². The molecule has 0 spiro atoms. The molecule has 0 radical (unpaired) electrons. The molecule has 0 aromatic rings. The summed E-state index contributed by atoms with van der Waals surface area (Å²) in [5.74, 6) is -0.651. The summed E-state index contributed by atoms with van der Waals surface area (Å²) in [4.78, 5) is 22.0. The zero-order valence-corrected chi connectivity index (χ0v) is 9.91. The Morgan fingerprint density at radius 1 is 0.867 bits per heavy atom. The van der Waals surface area contributed by atoms with E-state index < -0.39 is 0 Å². The molecule has 0 saturated carbocycles. The zero-order chi connectivity index (χ0) is 11.8. The van der Waals surface area contributed by atoms with Crippen LogP contribution in [0.1, 0.15) is 34.1 Å². The van der Waals surface area contributed by atoms with Gasteiger partial charge in [0.05, 0.1) is 25.0 Å². The molecule has 0 N–H and O–H groups in total. The Bertz CT molecular complexity index is 187. The minimum Gasteiger partial charge on any atom is -0.465 e. The summed E-state index contributed by atoms with van der Waals surface area (Å²) in [6.45, 7) is 7.73. The number of carbonyl (C=O) groups excluding carboxylic acids is 2. The third-order valence-corrected chi connectivity index (χ3v) is 1.72. The van der Waals surface area contributed by atoms with E-state index in [1.807, 2.05) is 0 Å². The van der Waals surface area contributed by atoms with Crippen molar-refractivity contribution < 1.29 is 19.1 Å². The maximum Gasteiger partial charge on any atom is 0.308 e.